The van der Waals surface area contributed by atoms with Crippen LogP contribution >= 0.6 is 11.8 Å². The number of halogens is 9. The minimum Gasteiger partial charge on any atom is -0.507 e. The van der Waals surface area contributed by atoms with E-state index >= 15 is 0 Å². The van der Waals surface area contributed by atoms with Crippen LogP contribution in [0.15, 0.2) is 18.2 Å². The first-order valence-electron chi connectivity index (χ1n) is 8.84. The van der Waals surface area contributed by atoms with Crippen LogP contribution in [-0.2, 0) is 17.4 Å². The Morgan fingerprint density at radius 3 is 1.97 bits per heavy atom. The Kier molecular flexibility index (Phi) is 7.08. The van der Waals surface area contributed by atoms with Gasteiger partial charge in [0.05, 0.1) is 23.7 Å². The summed E-state index contributed by atoms with van der Waals surface area (Å²) in [6.45, 7) is -0.501. The van der Waals surface area contributed by atoms with Crippen molar-refractivity contribution in [3.63, 3.8) is 0 Å². The Bertz CT molecular complexity index is 864. The molecule has 2 rings (SSSR count). The largest absolute Gasteiger partial charge is 0.507 e. The molecule has 1 N–H and O–H groups in total. The summed E-state index contributed by atoms with van der Waals surface area (Å²) in [6.07, 6.45) is -19.2. The van der Waals surface area contributed by atoms with Gasteiger partial charge in [-0.1, -0.05) is 24.8 Å². The van der Waals surface area contributed by atoms with E-state index in [0.717, 1.165) is 12.1 Å². The maximum atomic E-state index is 12.9. The van der Waals surface area contributed by atoms with Gasteiger partial charge in [0.1, 0.15) is 5.75 Å². The van der Waals surface area contributed by atoms with Gasteiger partial charge >= 0.3 is 18.5 Å². The summed E-state index contributed by atoms with van der Waals surface area (Å²) in [6, 6.07) is 2.34. The standard InChI is InChI=1S/C18H16F9NO3S/c1-15(6-16(19,20)21,7-17(22,23)24)8-28-13(30)12(32-14(28)31)5-9-2-3-11(29)10(4-9)18(25,26)27/h2-4,12,29H,5-8H2,1H3. The number of hydrogen-bond donors (Lipinski definition) is 1. The Morgan fingerprint density at radius 1 is 0.969 bits per heavy atom. The van der Waals surface area contributed by atoms with Gasteiger partial charge in [-0.3, -0.25) is 14.5 Å². The number of imide groups is 1. The number of thioether (sulfide) groups is 1. The molecule has 1 aromatic carbocycles. The topological polar surface area (TPSA) is 57.6 Å². The number of aromatic hydroxyl groups is 1. The molecular formula is C18H16F9NO3S. The molecule has 1 aliphatic rings. The van der Waals surface area contributed by atoms with Crippen molar-refractivity contribution < 1.29 is 54.2 Å². The van der Waals surface area contributed by atoms with Crippen LogP contribution in [0.3, 0.4) is 0 Å². The first kappa shape index (κ1) is 26.1. The molecule has 1 aliphatic heterocycles. The van der Waals surface area contributed by atoms with E-state index in [4.69, 9.17) is 0 Å². The van der Waals surface area contributed by atoms with Crippen molar-refractivity contribution in [1.29, 1.82) is 0 Å². The Morgan fingerprint density at radius 2 is 1.50 bits per heavy atom. The number of carbonyl (C=O) groups excluding carboxylic acids is 2. The molecule has 1 aromatic rings. The highest BCUT2D eigenvalue weighted by molar-refractivity contribution is 8.15. The van der Waals surface area contributed by atoms with E-state index in [2.05, 4.69) is 0 Å². The third kappa shape index (κ3) is 6.94. The number of carbonyl (C=O) groups is 2. The fourth-order valence-electron chi connectivity index (χ4n) is 3.45. The fraction of sp³-hybridized carbons (Fsp3) is 0.556. The predicted molar refractivity (Wildman–Crippen MR) is 94.8 cm³/mol. The molecule has 0 radical (unpaired) electrons. The highest BCUT2D eigenvalue weighted by atomic mass is 32.2. The first-order chi connectivity index (χ1) is 14.3. The van der Waals surface area contributed by atoms with Crippen molar-refractivity contribution in [1.82, 2.24) is 4.90 Å². The summed E-state index contributed by atoms with van der Waals surface area (Å²) < 4.78 is 116. The van der Waals surface area contributed by atoms with Gasteiger partial charge < -0.3 is 5.11 Å². The number of alkyl halides is 9. The minimum absolute atomic E-state index is 0.107. The smallest absolute Gasteiger partial charge is 0.419 e. The van der Waals surface area contributed by atoms with E-state index in [1.54, 1.807) is 0 Å². The van der Waals surface area contributed by atoms with Gasteiger partial charge in [0, 0.05) is 12.0 Å². The molecule has 1 fully saturated rings. The van der Waals surface area contributed by atoms with Crippen molar-refractivity contribution in [2.45, 2.75) is 50.0 Å². The zero-order valence-corrected chi connectivity index (χ0v) is 17.0. The van der Waals surface area contributed by atoms with Crippen LogP contribution in [0, 0.1) is 5.41 Å². The lowest BCUT2D eigenvalue weighted by Crippen LogP contribution is -2.44. The van der Waals surface area contributed by atoms with Gasteiger partial charge in [-0.05, 0) is 24.1 Å². The molecule has 0 spiro atoms. The van der Waals surface area contributed by atoms with Gasteiger partial charge in [-0.2, -0.15) is 39.5 Å². The number of phenolic OH excluding ortho intramolecular Hbond substituents is 1. The van der Waals surface area contributed by atoms with Crippen LogP contribution in [0.5, 0.6) is 5.75 Å². The first-order valence-corrected chi connectivity index (χ1v) is 9.72. The number of hydrogen-bond acceptors (Lipinski definition) is 4. The van der Waals surface area contributed by atoms with E-state index in [1.807, 2.05) is 0 Å². The van der Waals surface area contributed by atoms with Crippen molar-refractivity contribution in [2.24, 2.45) is 5.41 Å². The number of benzene rings is 1. The van der Waals surface area contributed by atoms with Crippen molar-refractivity contribution in [3.05, 3.63) is 29.3 Å². The second-order valence-electron chi connectivity index (χ2n) is 7.74. The van der Waals surface area contributed by atoms with Gasteiger partial charge in [0.15, 0.2) is 0 Å². The molecule has 2 amide bonds. The molecular weight excluding hydrogens is 481 g/mol. The number of nitrogens with zero attached hydrogens (tertiary/aromatic N) is 1. The van der Waals surface area contributed by atoms with Crippen LogP contribution in [-0.4, -0.2) is 45.3 Å². The second-order valence-corrected chi connectivity index (χ2v) is 8.90. The van der Waals surface area contributed by atoms with Crippen molar-refractivity contribution >= 4 is 22.9 Å². The van der Waals surface area contributed by atoms with E-state index in [9.17, 15) is 54.2 Å². The summed E-state index contributed by atoms with van der Waals surface area (Å²) in [5.74, 6) is -2.17. The molecule has 32 heavy (non-hydrogen) atoms. The Balaban J connectivity index is 2.23. The lowest BCUT2D eigenvalue weighted by Gasteiger charge is -2.34. The van der Waals surface area contributed by atoms with Gasteiger partial charge in [-0.25, -0.2) is 0 Å². The lowest BCUT2D eigenvalue weighted by molar-refractivity contribution is -0.194. The quantitative estimate of drug-likeness (QED) is 0.496. The molecule has 0 bridgehead atoms. The van der Waals surface area contributed by atoms with Crippen LogP contribution < -0.4 is 0 Å². The van der Waals surface area contributed by atoms with Crippen LogP contribution in [0.25, 0.3) is 0 Å². The summed E-state index contributed by atoms with van der Waals surface area (Å²) >= 11 is 0.302. The average molecular weight is 497 g/mol. The van der Waals surface area contributed by atoms with Crippen LogP contribution in [0.4, 0.5) is 44.3 Å². The van der Waals surface area contributed by atoms with E-state index in [-0.39, 0.29) is 10.5 Å². The van der Waals surface area contributed by atoms with Crippen molar-refractivity contribution in [3.8, 4) is 5.75 Å². The monoisotopic (exact) mass is 497 g/mol. The van der Waals surface area contributed by atoms with Gasteiger partial charge in [0.25, 0.3) is 5.24 Å². The average Bonchev–Trinajstić information content (AvgIpc) is 2.79. The van der Waals surface area contributed by atoms with E-state index in [0.29, 0.717) is 24.8 Å². The summed E-state index contributed by atoms with van der Waals surface area (Å²) in [5, 5.41) is 6.91. The molecule has 4 nitrogen and oxygen atoms in total. The number of phenols is 1. The maximum Gasteiger partial charge on any atom is 0.419 e. The van der Waals surface area contributed by atoms with E-state index < -0.39 is 77.5 Å². The summed E-state index contributed by atoms with van der Waals surface area (Å²) in [7, 11) is 0. The third-order valence-corrected chi connectivity index (χ3v) is 5.66. The lowest BCUT2D eigenvalue weighted by atomic mass is 9.82. The molecule has 0 aromatic heterocycles. The number of rotatable bonds is 6. The predicted octanol–water partition coefficient (Wildman–Crippen LogP) is 5.93. The molecule has 0 saturated carbocycles. The highest BCUT2D eigenvalue weighted by Gasteiger charge is 2.50. The molecule has 1 heterocycles. The molecule has 1 saturated heterocycles. The zero-order chi connectivity index (χ0) is 24.7. The normalized spacial score (nSPS) is 18.6. The molecule has 1 unspecified atom stereocenters. The Hall–Kier alpha value is -2.12. The second kappa shape index (κ2) is 8.67. The van der Waals surface area contributed by atoms with Crippen LogP contribution in [0.2, 0.25) is 0 Å². The Labute approximate surface area is 179 Å². The fourth-order valence-corrected chi connectivity index (χ4v) is 4.48. The van der Waals surface area contributed by atoms with Crippen LogP contribution in [0.1, 0.15) is 30.9 Å². The van der Waals surface area contributed by atoms with E-state index in [1.165, 1.54) is 0 Å². The molecule has 1 atom stereocenters. The maximum absolute atomic E-state index is 12.9. The van der Waals surface area contributed by atoms with Gasteiger partial charge in [0.2, 0.25) is 5.91 Å². The zero-order valence-electron chi connectivity index (χ0n) is 16.2. The molecule has 14 heteroatoms. The highest BCUT2D eigenvalue weighted by Crippen LogP contribution is 2.44. The van der Waals surface area contributed by atoms with Crippen molar-refractivity contribution in [2.75, 3.05) is 6.54 Å². The third-order valence-electron chi connectivity index (χ3n) is 4.59. The molecule has 0 aliphatic carbocycles. The number of amides is 2. The SMILES string of the molecule is CC(CN1C(=O)SC(Cc2ccc(O)c(C(F)(F)F)c2)C1=O)(CC(F)(F)F)CC(F)(F)F. The molecule has 180 valence electrons. The van der Waals surface area contributed by atoms with Gasteiger partial charge in [-0.15, -0.1) is 0 Å². The summed E-state index contributed by atoms with van der Waals surface area (Å²) in [4.78, 5) is 25.0. The summed E-state index contributed by atoms with van der Waals surface area (Å²) in [5.41, 5.74) is -4.04. The minimum atomic E-state index is -5.00.